The SMILES string of the molecule is O=C1/C(=C/c2cccc([N+](=O)[O-])c2)Oc2c1ccc1c2CN(CCc2ccc(F)cc2)CO1. The average molecular weight is 446 g/mol. The maximum atomic E-state index is 13.1. The molecule has 0 saturated heterocycles. The van der Waals surface area contributed by atoms with Gasteiger partial charge in [-0.05, 0) is 47.9 Å². The normalized spacial score (nSPS) is 16.2. The van der Waals surface area contributed by atoms with Gasteiger partial charge in [-0.25, -0.2) is 4.39 Å². The minimum atomic E-state index is -0.484. The van der Waals surface area contributed by atoms with Gasteiger partial charge < -0.3 is 9.47 Å². The summed E-state index contributed by atoms with van der Waals surface area (Å²) in [6, 6.07) is 15.9. The highest BCUT2D eigenvalue weighted by Crippen LogP contribution is 2.42. The topological polar surface area (TPSA) is 81.9 Å². The van der Waals surface area contributed by atoms with E-state index in [4.69, 9.17) is 9.47 Å². The van der Waals surface area contributed by atoms with Crippen LogP contribution < -0.4 is 9.47 Å². The Morgan fingerprint density at radius 2 is 1.94 bits per heavy atom. The molecule has 8 heteroatoms. The van der Waals surface area contributed by atoms with Crippen molar-refractivity contribution in [3.05, 3.63) is 105 Å². The van der Waals surface area contributed by atoms with Crippen LogP contribution >= 0.6 is 0 Å². The number of carbonyl (C=O) groups is 1. The van der Waals surface area contributed by atoms with E-state index >= 15 is 0 Å². The van der Waals surface area contributed by atoms with E-state index in [-0.39, 0.29) is 23.0 Å². The lowest BCUT2D eigenvalue weighted by Gasteiger charge is -2.29. The van der Waals surface area contributed by atoms with E-state index in [9.17, 15) is 19.3 Å². The summed E-state index contributed by atoms with van der Waals surface area (Å²) < 4.78 is 24.9. The molecule has 3 aromatic rings. The summed E-state index contributed by atoms with van der Waals surface area (Å²) in [5.74, 6) is 0.697. The van der Waals surface area contributed by atoms with Gasteiger partial charge in [0.05, 0.1) is 16.1 Å². The van der Waals surface area contributed by atoms with E-state index in [1.807, 2.05) is 0 Å². The molecule has 0 unspecified atom stereocenters. The van der Waals surface area contributed by atoms with Gasteiger partial charge in [-0.3, -0.25) is 19.8 Å². The van der Waals surface area contributed by atoms with E-state index in [2.05, 4.69) is 4.90 Å². The summed E-state index contributed by atoms with van der Waals surface area (Å²) in [5, 5.41) is 11.0. The van der Waals surface area contributed by atoms with Crippen molar-refractivity contribution in [3.63, 3.8) is 0 Å². The van der Waals surface area contributed by atoms with E-state index in [1.165, 1.54) is 30.3 Å². The number of benzene rings is 3. The Balaban J connectivity index is 1.36. The second kappa shape index (κ2) is 8.48. The minimum absolute atomic E-state index is 0.0603. The molecule has 0 aliphatic carbocycles. The standard InChI is InChI=1S/C25H19FN2O5/c26-18-6-4-16(5-7-18)10-11-27-14-21-22(32-15-27)9-8-20-24(29)23(33-25(20)21)13-17-2-1-3-19(12-17)28(30)31/h1-9,12-13H,10-11,14-15H2/b23-13-. The number of halogens is 1. The van der Waals surface area contributed by atoms with Gasteiger partial charge in [0, 0.05) is 25.2 Å². The summed E-state index contributed by atoms with van der Waals surface area (Å²) in [6.45, 7) is 1.63. The highest BCUT2D eigenvalue weighted by molar-refractivity contribution is 6.15. The lowest BCUT2D eigenvalue weighted by Crippen LogP contribution is -2.33. The van der Waals surface area contributed by atoms with Crippen molar-refractivity contribution in [2.24, 2.45) is 0 Å². The van der Waals surface area contributed by atoms with Crippen LogP contribution in [-0.4, -0.2) is 28.9 Å². The lowest BCUT2D eigenvalue weighted by molar-refractivity contribution is -0.384. The zero-order valence-electron chi connectivity index (χ0n) is 17.5. The van der Waals surface area contributed by atoms with Crippen LogP contribution in [0, 0.1) is 15.9 Å². The third-order valence-electron chi connectivity index (χ3n) is 5.69. The average Bonchev–Trinajstić information content (AvgIpc) is 3.14. The Kier molecular flexibility index (Phi) is 5.35. The molecule has 0 spiro atoms. The Labute approximate surface area is 188 Å². The first kappa shape index (κ1) is 20.8. The maximum absolute atomic E-state index is 13.1. The fourth-order valence-corrected chi connectivity index (χ4v) is 3.97. The van der Waals surface area contributed by atoms with Crippen LogP contribution in [0.25, 0.3) is 6.08 Å². The maximum Gasteiger partial charge on any atom is 0.270 e. The molecule has 0 aromatic heterocycles. The van der Waals surface area contributed by atoms with Crippen molar-refractivity contribution in [2.45, 2.75) is 13.0 Å². The minimum Gasteiger partial charge on any atom is -0.478 e. The number of nitro groups is 1. The molecule has 0 amide bonds. The van der Waals surface area contributed by atoms with Gasteiger partial charge >= 0.3 is 0 Å². The fraction of sp³-hybridized carbons (Fsp3) is 0.160. The zero-order chi connectivity index (χ0) is 22.9. The van der Waals surface area contributed by atoms with Gasteiger partial charge in [-0.2, -0.15) is 0 Å². The second-order valence-corrected chi connectivity index (χ2v) is 7.91. The number of nitro benzene ring substituents is 1. The number of rotatable bonds is 5. The first-order valence-electron chi connectivity index (χ1n) is 10.4. The molecule has 0 saturated carbocycles. The van der Waals surface area contributed by atoms with Crippen LogP contribution in [0.4, 0.5) is 10.1 Å². The van der Waals surface area contributed by atoms with Crippen molar-refractivity contribution in [1.29, 1.82) is 0 Å². The molecule has 5 rings (SSSR count). The number of ketones is 1. The predicted molar refractivity (Wildman–Crippen MR) is 118 cm³/mol. The highest BCUT2D eigenvalue weighted by atomic mass is 19.1. The number of allylic oxidation sites excluding steroid dienone is 1. The predicted octanol–water partition coefficient (Wildman–Crippen LogP) is 4.74. The number of Topliss-reactive ketones (excluding diaryl/α,β-unsaturated/α-hetero) is 1. The molecule has 33 heavy (non-hydrogen) atoms. The van der Waals surface area contributed by atoms with Gasteiger partial charge in [-0.1, -0.05) is 24.3 Å². The van der Waals surface area contributed by atoms with E-state index in [1.54, 1.807) is 36.4 Å². The van der Waals surface area contributed by atoms with Gasteiger partial charge in [0.15, 0.2) is 5.76 Å². The molecular formula is C25H19FN2O5. The van der Waals surface area contributed by atoms with Crippen molar-refractivity contribution >= 4 is 17.5 Å². The molecule has 166 valence electrons. The third kappa shape index (κ3) is 4.20. The molecule has 0 atom stereocenters. The van der Waals surface area contributed by atoms with Crippen molar-refractivity contribution < 1.29 is 23.6 Å². The van der Waals surface area contributed by atoms with Crippen LogP contribution in [0.15, 0.2) is 66.4 Å². The van der Waals surface area contributed by atoms with Crippen molar-refractivity contribution in [2.75, 3.05) is 13.3 Å². The van der Waals surface area contributed by atoms with E-state index < -0.39 is 4.92 Å². The molecule has 7 nitrogen and oxygen atoms in total. The smallest absolute Gasteiger partial charge is 0.270 e. The zero-order valence-corrected chi connectivity index (χ0v) is 17.5. The Morgan fingerprint density at radius 1 is 1.12 bits per heavy atom. The van der Waals surface area contributed by atoms with Crippen LogP contribution in [0.2, 0.25) is 0 Å². The molecule has 2 heterocycles. The van der Waals surface area contributed by atoms with Gasteiger partial charge in [0.25, 0.3) is 5.69 Å². The van der Waals surface area contributed by atoms with Gasteiger partial charge in [0.2, 0.25) is 5.78 Å². The number of non-ortho nitro benzene ring substituents is 1. The molecular weight excluding hydrogens is 427 g/mol. The quantitative estimate of drug-likeness (QED) is 0.320. The Hall–Kier alpha value is -4.04. The third-order valence-corrected chi connectivity index (χ3v) is 5.69. The summed E-state index contributed by atoms with van der Waals surface area (Å²) in [7, 11) is 0. The van der Waals surface area contributed by atoms with Crippen molar-refractivity contribution in [3.8, 4) is 11.5 Å². The molecule has 0 bridgehead atoms. The fourth-order valence-electron chi connectivity index (χ4n) is 3.97. The molecule has 0 fully saturated rings. The molecule has 0 radical (unpaired) electrons. The Morgan fingerprint density at radius 3 is 2.73 bits per heavy atom. The van der Waals surface area contributed by atoms with E-state index in [0.717, 1.165) is 17.5 Å². The molecule has 3 aromatic carbocycles. The van der Waals surface area contributed by atoms with Crippen LogP contribution in [0.5, 0.6) is 11.5 Å². The van der Waals surface area contributed by atoms with E-state index in [0.29, 0.717) is 42.4 Å². The summed E-state index contributed by atoms with van der Waals surface area (Å²) >= 11 is 0. The number of fused-ring (bicyclic) bond motifs is 3. The lowest BCUT2D eigenvalue weighted by atomic mass is 10.0. The number of carbonyl (C=O) groups excluding carboxylic acids is 1. The van der Waals surface area contributed by atoms with Crippen LogP contribution in [0.1, 0.15) is 27.0 Å². The van der Waals surface area contributed by atoms with Crippen LogP contribution in [-0.2, 0) is 13.0 Å². The first-order valence-corrected chi connectivity index (χ1v) is 10.4. The molecule has 0 N–H and O–H groups in total. The summed E-state index contributed by atoms with van der Waals surface area (Å²) in [5.41, 5.74) is 2.69. The largest absolute Gasteiger partial charge is 0.478 e. The number of hydrogen-bond donors (Lipinski definition) is 0. The number of hydrogen-bond acceptors (Lipinski definition) is 6. The van der Waals surface area contributed by atoms with Gasteiger partial charge in [0.1, 0.15) is 24.0 Å². The van der Waals surface area contributed by atoms with Crippen LogP contribution in [0.3, 0.4) is 0 Å². The second-order valence-electron chi connectivity index (χ2n) is 7.91. The number of ether oxygens (including phenoxy) is 2. The first-order chi connectivity index (χ1) is 16.0. The number of nitrogens with zero attached hydrogens (tertiary/aromatic N) is 2. The monoisotopic (exact) mass is 446 g/mol. The summed E-state index contributed by atoms with van der Waals surface area (Å²) in [4.78, 5) is 25.5. The molecule has 2 aliphatic heterocycles. The summed E-state index contributed by atoms with van der Waals surface area (Å²) in [6.07, 6.45) is 2.24. The Bertz CT molecular complexity index is 1290. The highest BCUT2D eigenvalue weighted by Gasteiger charge is 2.33. The van der Waals surface area contributed by atoms with Gasteiger partial charge in [-0.15, -0.1) is 0 Å². The molecule has 2 aliphatic rings. The van der Waals surface area contributed by atoms with Crippen molar-refractivity contribution in [1.82, 2.24) is 4.90 Å².